The van der Waals surface area contributed by atoms with Gasteiger partial charge in [-0.15, -0.1) is 29.3 Å². The van der Waals surface area contributed by atoms with Crippen LogP contribution in [0.25, 0.3) is 0 Å². The first-order valence-electron chi connectivity index (χ1n) is 6.25. The second-order valence-electron chi connectivity index (χ2n) is 4.15. The molecule has 0 unspecified atom stereocenters. The van der Waals surface area contributed by atoms with Gasteiger partial charge in [-0.2, -0.15) is 0 Å². The molecule has 106 valence electrons. The van der Waals surface area contributed by atoms with Crippen LogP contribution in [-0.2, 0) is 6.42 Å². The molecule has 0 atom stereocenters. The Bertz CT molecular complexity index is 575. The van der Waals surface area contributed by atoms with Gasteiger partial charge in [0.2, 0.25) is 0 Å². The highest BCUT2D eigenvalue weighted by molar-refractivity contribution is 7.18. The minimum absolute atomic E-state index is 0.154. The molecule has 0 aliphatic rings. The van der Waals surface area contributed by atoms with Gasteiger partial charge in [-0.3, -0.25) is 4.79 Å². The number of nitrogens with two attached hydrogens (primary N) is 1. The predicted molar refractivity (Wildman–Crippen MR) is 87.8 cm³/mol. The number of hydrogen-bond acceptors (Lipinski definition) is 5. The summed E-state index contributed by atoms with van der Waals surface area (Å²) < 4.78 is 0. The van der Waals surface area contributed by atoms with Crippen LogP contribution in [0.1, 0.15) is 14.5 Å². The molecule has 0 spiro atoms. The second kappa shape index (κ2) is 7.12. The highest BCUT2D eigenvalue weighted by Crippen LogP contribution is 2.29. The van der Waals surface area contributed by atoms with Gasteiger partial charge in [0.25, 0.3) is 5.91 Å². The van der Waals surface area contributed by atoms with Crippen LogP contribution in [0.5, 0.6) is 0 Å². The fourth-order valence-electron chi connectivity index (χ4n) is 1.68. The van der Waals surface area contributed by atoms with Gasteiger partial charge >= 0.3 is 0 Å². The van der Waals surface area contributed by atoms with E-state index in [-0.39, 0.29) is 5.91 Å². The summed E-state index contributed by atoms with van der Waals surface area (Å²) in [7, 11) is 0. The SMILES string of the molecule is C=CCNC(=O)c1sc(NCCc2cccs2)cc1N. The maximum Gasteiger partial charge on any atom is 0.263 e. The molecule has 20 heavy (non-hydrogen) atoms. The number of hydrogen-bond donors (Lipinski definition) is 3. The fraction of sp³-hybridized carbons (Fsp3) is 0.214. The normalized spacial score (nSPS) is 10.2. The van der Waals surface area contributed by atoms with Gasteiger partial charge in [0.15, 0.2) is 0 Å². The smallest absolute Gasteiger partial charge is 0.263 e. The summed E-state index contributed by atoms with van der Waals surface area (Å²) in [6, 6.07) is 5.97. The Hall–Kier alpha value is -1.79. The van der Waals surface area contributed by atoms with E-state index in [9.17, 15) is 4.79 Å². The van der Waals surface area contributed by atoms with Crippen molar-refractivity contribution in [1.82, 2.24) is 5.32 Å². The highest BCUT2D eigenvalue weighted by Gasteiger charge is 2.13. The summed E-state index contributed by atoms with van der Waals surface area (Å²) in [5.74, 6) is -0.154. The first kappa shape index (κ1) is 14.6. The number of nitrogens with one attached hydrogen (secondary N) is 2. The Labute approximate surface area is 126 Å². The lowest BCUT2D eigenvalue weighted by Crippen LogP contribution is -2.22. The molecule has 2 aromatic heterocycles. The van der Waals surface area contributed by atoms with Gasteiger partial charge in [0.1, 0.15) is 4.88 Å². The van der Waals surface area contributed by atoms with Crippen molar-refractivity contribution in [1.29, 1.82) is 0 Å². The molecule has 0 aliphatic carbocycles. The number of thiophene rings is 2. The Kier molecular flexibility index (Phi) is 5.20. The Morgan fingerprint density at radius 2 is 2.35 bits per heavy atom. The van der Waals surface area contributed by atoms with Crippen LogP contribution < -0.4 is 16.4 Å². The van der Waals surface area contributed by atoms with Crippen molar-refractivity contribution in [3.8, 4) is 0 Å². The number of nitrogen functional groups attached to an aromatic ring is 1. The van der Waals surface area contributed by atoms with Crippen molar-refractivity contribution in [3.63, 3.8) is 0 Å². The van der Waals surface area contributed by atoms with E-state index >= 15 is 0 Å². The van der Waals surface area contributed by atoms with Crippen molar-refractivity contribution in [2.75, 3.05) is 24.1 Å². The molecule has 1 amide bonds. The molecule has 0 aromatic carbocycles. The van der Waals surface area contributed by atoms with Crippen LogP contribution in [0.3, 0.4) is 0 Å². The van der Waals surface area contributed by atoms with Gasteiger partial charge in [-0.25, -0.2) is 0 Å². The zero-order valence-corrected chi connectivity index (χ0v) is 12.7. The van der Waals surface area contributed by atoms with E-state index in [0.717, 1.165) is 18.0 Å². The minimum atomic E-state index is -0.154. The van der Waals surface area contributed by atoms with Crippen molar-refractivity contribution in [3.05, 3.63) is 46.0 Å². The van der Waals surface area contributed by atoms with Gasteiger partial charge in [0.05, 0.1) is 10.7 Å². The highest BCUT2D eigenvalue weighted by atomic mass is 32.1. The average molecular weight is 307 g/mol. The average Bonchev–Trinajstić information content (AvgIpc) is 3.06. The number of amides is 1. The zero-order valence-electron chi connectivity index (χ0n) is 11.0. The van der Waals surface area contributed by atoms with E-state index in [2.05, 4.69) is 28.7 Å². The molecular weight excluding hydrogens is 290 g/mol. The monoisotopic (exact) mass is 307 g/mol. The minimum Gasteiger partial charge on any atom is -0.397 e. The van der Waals surface area contributed by atoms with E-state index in [1.807, 2.05) is 12.1 Å². The fourth-order valence-corrected chi connectivity index (χ4v) is 3.31. The van der Waals surface area contributed by atoms with Crippen LogP contribution >= 0.6 is 22.7 Å². The van der Waals surface area contributed by atoms with E-state index in [0.29, 0.717) is 17.1 Å². The summed E-state index contributed by atoms with van der Waals surface area (Å²) in [4.78, 5) is 13.7. The third-order valence-electron chi connectivity index (χ3n) is 2.62. The third-order valence-corrected chi connectivity index (χ3v) is 4.67. The first-order chi connectivity index (χ1) is 9.70. The first-order valence-corrected chi connectivity index (χ1v) is 7.95. The van der Waals surface area contributed by atoms with Crippen molar-refractivity contribution >= 4 is 39.3 Å². The van der Waals surface area contributed by atoms with Crippen LogP contribution in [0.15, 0.2) is 36.2 Å². The summed E-state index contributed by atoms with van der Waals surface area (Å²) >= 11 is 3.12. The zero-order chi connectivity index (χ0) is 14.4. The molecule has 0 fully saturated rings. The lowest BCUT2D eigenvalue weighted by molar-refractivity contribution is 0.0963. The summed E-state index contributed by atoms with van der Waals surface area (Å²) in [6.45, 7) is 4.83. The van der Waals surface area contributed by atoms with E-state index in [4.69, 9.17) is 5.73 Å². The molecule has 2 rings (SSSR count). The molecule has 0 radical (unpaired) electrons. The number of rotatable bonds is 7. The molecular formula is C14H17N3OS2. The summed E-state index contributed by atoms with van der Waals surface area (Å²) in [6.07, 6.45) is 2.61. The van der Waals surface area contributed by atoms with Crippen molar-refractivity contribution in [2.24, 2.45) is 0 Å². The molecule has 6 heteroatoms. The summed E-state index contributed by atoms with van der Waals surface area (Å²) in [5.41, 5.74) is 6.38. The topological polar surface area (TPSA) is 67.2 Å². The quantitative estimate of drug-likeness (QED) is 0.689. The van der Waals surface area contributed by atoms with E-state index in [1.54, 1.807) is 17.4 Å². The van der Waals surface area contributed by atoms with Crippen LogP contribution in [0.2, 0.25) is 0 Å². The van der Waals surface area contributed by atoms with Crippen molar-refractivity contribution < 1.29 is 4.79 Å². The maximum atomic E-state index is 11.8. The largest absolute Gasteiger partial charge is 0.397 e. The molecule has 2 heterocycles. The van der Waals surface area contributed by atoms with Crippen LogP contribution in [0.4, 0.5) is 10.7 Å². The van der Waals surface area contributed by atoms with Crippen LogP contribution in [0, 0.1) is 0 Å². The molecule has 0 bridgehead atoms. The second-order valence-corrected chi connectivity index (χ2v) is 6.23. The summed E-state index contributed by atoms with van der Waals surface area (Å²) in [5, 5.41) is 9.02. The Morgan fingerprint density at radius 3 is 3.05 bits per heavy atom. The third kappa shape index (κ3) is 3.85. The molecule has 2 aromatic rings. The van der Waals surface area contributed by atoms with Gasteiger partial charge in [-0.05, 0) is 23.9 Å². The lowest BCUT2D eigenvalue weighted by atomic mass is 10.3. The molecule has 0 saturated heterocycles. The van der Waals surface area contributed by atoms with Gasteiger partial charge in [0, 0.05) is 18.0 Å². The Balaban J connectivity index is 1.89. The van der Waals surface area contributed by atoms with E-state index in [1.165, 1.54) is 16.2 Å². The number of anilines is 2. The maximum absolute atomic E-state index is 11.8. The number of carbonyl (C=O) groups excluding carboxylic acids is 1. The lowest BCUT2D eigenvalue weighted by Gasteiger charge is -2.01. The molecule has 4 nitrogen and oxygen atoms in total. The van der Waals surface area contributed by atoms with Crippen molar-refractivity contribution in [2.45, 2.75) is 6.42 Å². The standard InChI is InChI=1S/C14H17N3OS2/c1-2-6-17-14(18)13-11(15)9-12(20-13)16-7-5-10-4-3-8-19-10/h2-4,8-9,16H,1,5-7,15H2,(H,17,18). The Morgan fingerprint density at radius 1 is 1.50 bits per heavy atom. The molecule has 4 N–H and O–H groups in total. The molecule has 0 saturated carbocycles. The predicted octanol–water partition coefficient (Wildman–Crippen LogP) is 2.96. The van der Waals surface area contributed by atoms with Gasteiger partial charge in [-0.1, -0.05) is 12.1 Å². The molecule has 0 aliphatic heterocycles. The number of carbonyl (C=O) groups is 1. The van der Waals surface area contributed by atoms with E-state index < -0.39 is 0 Å². The van der Waals surface area contributed by atoms with Crippen LogP contribution in [-0.4, -0.2) is 19.0 Å². The van der Waals surface area contributed by atoms with Gasteiger partial charge < -0.3 is 16.4 Å².